The van der Waals surface area contributed by atoms with E-state index in [0.29, 0.717) is 28.1 Å². The maximum Gasteiger partial charge on any atom is 0.230 e. The summed E-state index contributed by atoms with van der Waals surface area (Å²) in [6.07, 6.45) is 1.50. The Morgan fingerprint density at radius 2 is 1.93 bits per heavy atom. The van der Waals surface area contributed by atoms with Crippen molar-refractivity contribution in [2.24, 2.45) is 0 Å². The molecule has 0 bridgehead atoms. The Kier molecular flexibility index (Phi) is 5.96. The highest BCUT2D eigenvalue weighted by atomic mass is 35.5. The highest BCUT2D eigenvalue weighted by molar-refractivity contribution is 8.00. The van der Waals surface area contributed by atoms with Crippen molar-refractivity contribution < 1.29 is 14.3 Å². The lowest BCUT2D eigenvalue weighted by Crippen LogP contribution is -2.24. The molecular formula is C21H19ClN4O3S. The standard InChI is InChI=1S/C21H19ClN4O3S/c1-28-16-7-13-15(8-17(16)29-2)26-20-19(13)24-11-25-21(20)30-10-18(27)23-9-12-5-3-4-6-14(12)22/h3-8,11,26H,9-10H2,1-2H3,(H,23,27). The SMILES string of the molecule is COc1cc2[nH]c3c(SCC(=O)NCc4ccccc4Cl)ncnc3c2cc1OC. The summed E-state index contributed by atoms with van der Waals surface area (Å²) in [7, 11) is 3.19. The third-order valence-electron chi connectivity index (χ3n) is 4.62. The van der Waals surface area contributed by atoms with E-state index in [4.69, 9.17) is 21.1 Å². The first-order chi connectivity index (χ1) is 14.6. The number of benzene rings is 2. The van der Waals surface area contributed by atoms with Crippen LogP contribution in [0.4, 0.5) is 0 Å². The van der Waals surface area contributed by atoms with Gasteiger partial charge in [-0.05, 0) is 17.7 Å². The molecule has 2 N–H and O–H groups in total. The van der Waals surface area contributed by atoms with Gasteiger partial charge in [0.15, 0.2) is 11.5 Å². The Morgan fingerprint density at radius 1 is 1.17 bits per heavy atom. The zero-order chi connectivity index (χ0) is 21.1. The van der Waals surface area contributed by atoms with Crippen molar-refractivity contribution in [1.29, 1.82) is 0 Å². The number of nitrogens with one attached hydrogen (secondary N) is 2. The van der Waals surface area contributed by atoms with Crippen LogP contribution in [0, 0.1) is 0 Å². The molecule has 2 aromatic heterocycles. The molecule has 154 valence electrons. The molecule has 4 aromatic rings. The first-order valence-corrected chi connectivity index (χ1v) is 10.5. The van der Waals surface area contributed by atoms with Gasteiger partial charge in [0.2, 0.25) is 5.91 Å². The zero-order valence-electron chi connectivity index (χ0n) is 16.4. The summed E-state index contributed by atoms with van der Waals surface area (Å²) in [6, 6.07) is 11.2. The number of aromatic amines is 1. The van der Waals surface area contributed by atoms with Gasteiger partial charge in [-0.25, -0.2) is 9.97 Å². The number of carbonyl (C=O) groups is 1. The molecule has 0 saturated heterocycles. The molecule has 0 aliphatic carbocycles. The summed E-state index contributed by atoms with van der Waals surface area (Å²) in [6.45, 7) is 0.379. The number of halogens is 1. The van der Waals surface area contributed by atoms with E-state index in [-0.39, 0.29) is 11.7 Å². The van der Waals surface area contributed by atoms with E-state index in [1.165, 1.54) is 18.1 Å². The van der Waals surface area contributed by atoms with Crippen molar-refractivity contribution in [1.82, 2.24) is 20.3 Å². The van der Waals surface area contributed by atoms with Gasteiger partial charge in [0, 0.05) is 23.0 Å². The fourth-order valence-corrected chi connectivity index (χ4v) is 4.12. The normalized spacial score (nSPS) is 11.0. The fraction of sp³-hybridized carbons (Fsp3) is 0.190. The molecule has 0 spiro atoms. The number of hydrogen-bond donors (Lipinski definition) is 2. The second kappa shape index (κ2) is 8.81. The summed E-state index contributed by atoms with van der Waals surface area (Å²) >= 11 is 7.48. The maximum absolute atomic E-state index is 12.3. The summed E-state index contributed by atoms with van der Waals surface area (Å²) in [5.41, 5.74) is 3.26. The predicted octanol–water partition coefficient (Wildman–Crippen LogP) is 4.19. The Balaban J connectivity index is 1.53. The van der Waals surface area contributed by atoms with Gasteiger partial charge < -0.3 is 19.8 Å². The van der Waals surface area contributed by atoms with Gasteiger partial charge >= 0.3 is 0 Å². The third-order valence-corrected chi connectivity index (χ3v) is 5.98. The highest BCUT2D eigenvalue weighted by Crippen LogP contribution is 2.36. The van der Waals surface area contributed by atoms with Crippen molar-refractivity contribution in [3.8, 4) is 11.5 Å². The number of nitrogens with zero attached hydrogens (tertiary/aromatic N) is 2. The summed E-state index contributed by atoms with van der Waals surface area (Å²) in [4.78, 5) is 24.4. The van der Waals surface area contributed by atoms with Crippen LogP contribution in [0.3, 0.4) is 0 Å². The van der Waals surface area contributed by atoms with Crippen molar-refractivity contribution in [3.63, 3.8) is 0 Å². The average Bonchev–Trinajstić information content (AvgIpc) is 3.14. The third kappa shape index (κ3) is 4.01. The van der Waals surface area contributed by atoms with Crippen molar-refractivity contribution in [3.05, 3.63) is 53.3 Å². The van der Waals surface area contributed by atoms with Gasteiger partial charge in [-0.1, -0.05) is 41.6 Å². The second-order valence-electron chi connectivity index (χ2n) is 6.44. The molecule has 0 aliphatic rings. The first kappa shape index (κ1) is 20.3. The van der Waals surface area contributed by atoms with E-state index < -0.39 is 0 Å². The number of rotatable bonds is 7. The molecular weight excluding hydrogens is 424 g/mol. The Labute approximate surface area is 182 Å². The predicted molar refractivity (Wildman–Crippen MR) is 119 cm³/mol. The molecule has 1 amide bonds. The van der Waals surface area contributed by atoms with Crippen LogP contribution in [0.15, 0.2) is 47.8 Å². The number of amides is 1. The van der Waals surface area contributed by atoms with Crippen LogP contribution < -0.4 is 14.8 Å². The summed E-state index contributed by atoms with van der Waals surface area (Å²) in [5.74, 6) is 1.36. The van der Waals surface area contributed by atoms with Crippen LogP contribution in [-0.4, -0.2) is 40.8 Å². The molecule has 0 atom stereocenters. The number of H-pyrrole nitrogens is 1. The van der Waals surface area contributed by atoms with Gasteiger partial charge in [-0.3, -0.25) is 4.79 Å². The number of aromatic nitrogens is 3. The minimum absolute atomic E-state index is 0.105. The Hall–Kier alpha value is -2.97. The molecule has 2 aromatic carbocycles. The zero-order valence-corrected chi connectivity index (χ0v) is 17.9. The molecule has 0 fully saturated rings. The second-order valence-corrected chi connectivity index (χ2v) is 7.81. The average molecular weight is 443 g/mol. The number of fused-ring (bicyclic) bond motifs is 3. The lowest BCUT2D eigenvalue weighted by Gasteiger charge is -2.07. The molecule has 0 aliphatic heterocycles. The van der Waals surface area contributed by atoms with Gasteiger partial charge in [-0.15, -0.1) is 0 Å². The molecule has 4 rings (SSSR count). The number of hydrogen-bond acceptors (Lipinski definition) is 6. The molecule has 0 saturated carbocycles. The minimum atomic E-state index is -0.105. The minimum Gasteiger partial charge on any atom is -0.493 e. The lowest BCUT2D eigenvalue weighted by molar-refractivity contribution is -0.118. The van der Waals surface area contributed by atoms with E-state index in [9.17, 15) is 4.79 Å². The molecule has 2 heterocycles. The molecule has 7 nitrogen and oxygen atoms in total. The smallest absolute Gasteiger partial charge is 0.230 e. The van der Waals surface area contributed by atoms with Crippen LogP contribution in [0.25, 0.3) is 21.9 Å². The molecule has 9 heteroatoms. The van der Waals surface area contributed by atoms with Gasteiger partial charge in [0.1, 0.15) is 16.9 Å². The largest absolute Gasteiger partial charge is 0.493 e. The fourth-order valence-electron chi connectivity index (χ4n) is 3.13. The van der Waals surface area contributed by atoms with Crippen molar-refractivity contribution in [2.45, 2.75) is 11.6 Å². The van der Waals surface area contributed by atoms with Crippen molar-refractivity contribution >= 4 is 51.2 Å². The van der Waals surface area contributed by atoms with E-state index in [0.717, 1.165) is 27.5 Å². The van der Waals surface area contributed by atoms with Gasteiger partial charge in [0.05, 0.1) is 31.0 Å². The molecule has 30 heavy (non-hydrogen) atoms. The van der Waals surface area contributed by atoms with E-state index in [1.807, 2.05) is 30.3 Å². The highest BCUT2D eigenvalue weighted by Gasteiger charge is 2.15. The summed E-state index contributed by atoms with van der Waals surface area (Å²) < 4.78 is 10.8. The lowest BCUT2D eigenvalue weighted by atomic mass is 10.2. The monoisotopic (exact) mass is 442 g/mol. The van der Waals surface area contributed by atoms with Crippen LogP contribution in [0.2, 0.25) is 5.02 Å². The Morgan fingerprint density at radius 3 is 2.70 bits per heavy atom. The molecule has 0 radical (unpaired) electrons. The van der Waals surface area contributed by atoms with Crippen LogP contribution >= 0.6 is 23.4 Å². The maximum atomic E-state index is 12.3. The quantitative estimate of drug-likeness (QED) is 0.329. The number of thioether (sulfide) groups is 1. The van der Waals surface area contributed by atoms with E-state index >= 15 is 0 Å². The van der Waals surface area contributed by atoms with E-state index in [1.54, 1.807) is 20.3 Å². The van der Waals surface area contributed by atoms with Crippen LogP contribution in [0.5, 0.6) is 11.5 Å². The van der Waals surface area contributed by atoms with Gasteiger partial charge in [-0.2, -0.15) is 0 Å². The van der Waals surface area contributed by atoms with E-state index in [2.05, 4.69) is 20.3 Å². The topological polar surface area (TPSA) is 89.1 Å². The van der Waals surface area contributed by atoms with Crippen molar-refractivity contribution in [2.75, 3.05) is 20.0 Å². The van der Waals surface area contributed by atoms with Crippen LogP contribution in [-0.2, 0) is 11.3 Å². The number of ether oxygens (including phenoxy) is 2. The first-order valence-electron chi connectivity index (χ1n) is 9.12. The number of carbonyl (C=O) groups excluding carboxylic acids is 1. The Bertz CT molecular complexity index is 1230. The van der Waals surface area contributed by atoms with Gasteiger partial charge in [0.25, 0.3) is 0 Å². The number of methoxy groups -OCH3 is 2. The summed E-state index contributed by atoms with van der Waals surface area (Å²) in [5, 5.41) is 5.11. The molecule has 0 unspecified atom stereocenters. The van der Waals surface area contributed by atoms with Crippen LogP contribution in [0.1, 0.15) is 5.56 Å².